The number of likely N-dealkylation sites (N-methyl/N-ethyl adjacent to an activating group) is 1. The Bertz CT molecular complexity index is 710. The second kappa shape index (κ2) is 7.66. The van der Waals surface area contributed by atoms with Crippen LogP contribution in [0.15, 0.2) is 51.6 Å². The number of rotatable bonds is 6. The first kappa shape index (κ1) is 18.3. The van der Waals surface area contributed by atoms with Gasteiger partial charge in [0.1, 0.15) is 0 Å². The minimum absolute atomic E-state index is 0.0258. The van der Waals surface area contributed by atoms with Crippen LogP contribution in [0, 0.1) is 0 Å². The van der Waals surface area contributed by atoms with E-state index in [0.717, 1.165) is 5.56 Å². The summed E-state index contributed by atoms with van der Waals surface area (Å²) < 4.78 is 5.69. The second-order valence-electron chi connectivity index (χ2n) is 6.29. The maximum Gasteiger partial charge on any atom is 0.289 e. The highest BCUT2D eigenvalue weighted by molar-refractivity contribution is 9.10. The second-order valence-corrected chi connectivity index (χ2v) is 7.07. The van der Waals surface area contributed by atoms with E-state index in [4.69, 9.17) is 4.42 Å². The minimum Gasteiger partial charge on any atom is -0.444 e. The van der Waals surface area contributed by atoms with Crippen molar-refractivity contribution in [1.82, 2.24) is 10.2 Å². The van der Waals surface area contributed by atoms with Crippen molar-refractivity contribution in [2.75, 3.05) is 20.1 Å². The molecule has 2 rings (SSSR count). The molecule has 2 amide bonds. The van der Waals surface area contributed by atoms with Crippen LogP contribution >= 0.6 is 15.9 Å². The predicted octanol–water partition coefficient (Wildman–Crippen LogP) is 3.21. The smallest absolute Gasteiger partial charge is 0.289 e. The predicted molar refractivity (Wildman–Crippen MR) is 95.8 cm³/mol. The monoisotopic (exact) mass is 392 g/mol. The summed E-state index contributed by atoms with van der Waals surface area (Å²) in [6.45, 7) is 4.60. The molecule has 0 aliphatic rings. The number of hydrogen-bond donors (Lipinski definition) is 1. The molecule has 128 valence electrons. The molecule has 24 heavy (non-hydrogen) atoms. The Hall–Kier alpha value is -2.08. The number of nitrogens with zero attached hydrogens (tertiary/aromatic N) is 1. The highest BCUT2D eigenvalue weighted by Crippen LogP contribution is 2.21. The van der Waals surface area contributed by atoms with Crippen LogP contribution in [0.25, 0.3) is 0 Å². The molecule has 1 aromatic carbocycles. The Morgan fingerprint density at radius 1 is 1.17 bits per heavy atom. The largest absolute Gasteiger partial charge is 0.444 e. The Morgan fingerprint density at radius 2 is 1.83 bits per heavy atom. The molecule has 6 heteroatoms. The average molecular weight is 393 g/mol. The lowest BCUT2D eigenvalue weighted by atomic mass is 9.84. The van der Waals surface area contributed by atoms with Crippen molar-refractivity contribution in [3.8, 4) is 0 Å². The molecule has 0 atom stereocenters. The number of carbonyl (C=O) groups excluding carboxylic acids is 2. The highest BCUT2D eigenvalue weighted by Gasteiger charge is 2.22. The molecular formula is C18H21BrN2O3. The fourth-order valence-corrected chi connectivity index (χ4v) is 2.58. The van der Waals surface area contributed by atoms with Crippen molar-refractivity contribution in [3.63, 3.8) is 0 Å². The third-order valence-corrected chi connectivity index (χ3v) is 4.22. The molecule has 0 bridgehead atoms. The zero-order valence-corrected chi connectivity index (χ0v) is 15.6. The summed E-state index contributed by atoms with van der Waals surface area (Å²) in [5.74, 6) is -0.347. The van der Waals surface area contributed by atoms with Crippen LogP contribution in [-0.2, 0) is 10.2 Å². The summed E-state index contributed by atoms with van der Waals surface area (Å²) in [6, 6.07) is 13.2. The van der Waals surface area contributed by atoms with E-state index >= 15 is 0 Å². The molecule has 0 aliphatic carbocycles. The quantitative estimate of drug-likeness (QED) is 0.820. The number of nitrogens with one attached hydrogen (secondary N) is 1. The molecule has 0 aliphatic heterocycles. The summed E-state index contributed by atoms with van der Waals surface area (Å²) in [5, 5.41) is 2.89. The van der Waals surface area contributed by atoms with Gasteiger partial charge in [-0.05, 0) is 33.6 Å². The van der Waals surface area contributed by atoms with Crippen molar-refractivity contribution in [1.29, 1.82) is 0 Å². The van der Waals surface area contributed by atoms with Crippen molar-refractivity contribution in [2.24, 2.45) is 0 Å². The van der Waals surface area contributed by atoms with Crippen LogP contribution in [0.5, 0.6) is 0 Å². The first-order chi connectivity index (χ1) is 11.3. The van der Waals surface area contributed by atoms with Crippen molar-refractivity contribution in [2.45, 2.75) is 19.3 Å². The lowest BCUT2D eigenvalue weighted by Crippen LogP contribution is -2.42. The fraction of sp³-hybridized carbons (Fsp3) is 0.333. The zero-order valence-electron chi connectivity index (χ0n) is 14.0. The minimum atomic E-state index is -0.335. The molecular weight excluding hydrogens is 372 g/mol. The van der Waals surface area contributed by atoms with Crippen LogP contribution in [-0.4, -0.2) is 36.9 Å². The van der Waals surface area contributed by atoms with Gasteiger partial charge in [0.15, 0.2) is 10.4 Å². The Labute approximate surface area is 150 Å². The normalized spacial score (nSPS) is 11.2. The van der Waals surface area contributed by atoms with Gasteiger partial charge in [-0.25, -0.2) is 0 Å². The van der Waals surface area contributed by atoms with Crippen LogP contribution in [0.2, 0.25) is 0 Å². The lowest BCUT2D eigenvalue weighted by Gasteiger charge is -2.26. The van der Waals surface area contributed by atoms with E-state index in [2.05, 4.69) is 35.1 Å². The molecule has 1 aromatic heterocycles. The molecule has 1 heterocycles. The lowest BCUT2D eigenvalue weighted by molar-refractivity contribution is -0.121. The van der Waals surface area contributed by atoms with Gasteiger partial charge in [0.05, 0.1) is 6.54 Å². The van der Waals surface area contributed by atoms with E-state index in [-0.39, 0.29) is 29.5 Å². The van der Waals surface area contributed by atoms with E-state index in [1.807, 2.05) is 30.3 Å². The van der Waals surface area contributed by atoms with Crippen molar-refractivity contribution in [3.05, 3.63) is 58.5 Å². The van der Waals surface area contributed by atoms with E-state index in [1.165, 1.54) is 4.90 Å². The molecule has 5 nitrogen and oxygen atoms in total. The third kappa shape index (κ3) is 4.71. The van der Waals surface area contributed by atoms with E-state index < -0.39 is 0 Å². The van der Waals surface area contributed by atoms with Gasteiger partial charge in [-0.15, -0.1) is 0 Å². The van der Waals surface area contributed by atoms with Crippen LogP contribution in [0.3, 0.4) is 0 Å². The first-order valence-corrected chi connectivity index (χ1v) is 8.42. The summed E-state index contributed by atoms with van der Waals surface area (Å²) in [6.07, 6.45) is 0. The van der Waals surface area contributed by atoms with E-state index in [9.17, 15) is 9.59 Å². The summed E-state index contributed by atoms with van der Waals surface area (Å²) in [4.78, 5) is 25.6. The number of halogens is 1. The van der Waals surface area contributed by atoms with Gasteiger partial charge in [-0.2, -0.15) is 0 Å². The van der Waals surface area contributed by atoms with E-state index in [1.54, 1.807) is 19.2 Å². The number of amides is 2. The number of hydrogen-bond acceptors (Lipinski definition) is 3. The maximum absolute atomic E-state index is 12.1. The maximum atomic E-state index is 12.1. The molecule has 0 saturated carbocycles. The Morgan fingerprint density at radius 3 is 2.42 bits per heavy atom. The molecule has 0 fully saturated rings. The van der Waals surface area contributed by atoms with Gasteiger partial charge in [0.2, 0.25) is 5.91 Å². The molecule has 0 saturated heterocycles. The van der Waals surface area contributed by atoms with E-state index in [0.29, 0.717) is 11.2 Å². The standard InChI is InChI=1S/C18H21BrN2O3/c1-18(2,13-7-5-4-6-8-13)12-20-16(22)11-21(3)17(23)14-9-10-15(19)24-14/h4-10H,11-12H2,1-3H3,(H,20,22). The van der Waals surface area contributed by atoms with Gasteiger partial charge >= 0.3 is 0 Å². The van der Waals surface area contributed by atoms with Crippen molar-refractivity contribution >= 4 is 27.7 Å². The zero-order chi connectivity index (χ0) is 17.7. The van der Waals surface area contributed by atoms with Crippen LogP contribution in [0.1, 0.15) is 30.0 Å². The van der Waals surface area contributed by atoms with Crippen LogP contribution < -0.4 is 5.32 Å². The number of benzene rings is 1. The van der Waals surface area contributed by atoms with Gasteiger partial charge in [0, 0.05) is 19.0 Å². The summed E-state index contributed by atoms with van der Waals surface area (Å²) >= 11 is 3.15. The van der Waals surface area contributed by atoms with Gasteiger partial charge < -0.3 is 14.6 Å². The van der Waals surface area contributed by atoms with Gasteiger partial charge in [-0.3, -0.25) is 9.59 Å². The Balaban J connectivity index is 1.88. The fourth-order valence-electron chi connectivity index (χ4n) is 2.27. The topological polar surface area (TPSA) is 62.6 Å². The number of furan rings is 1. The average Bonchev–Trinajstić information content (AvgIpc) is 2.99. The van der Waals surface area contributed by atoms with Gasteiger partial charge in [0.25, 0.3) is 5.91 Å². The van der Waals surface area contributed by atoms with Gasteiger partial charge in [-0.1, -0.05) is 44.2 Å². The molecule has 0 radical (unpaired) electrons. The number of carbonyl (C=O) groups is 2. The van der Waals surface area contributed by atoms with Crippen LogP contribution in [0.4, 0.5) is 0 Å². The highest BCUT2D eigenvalue weighted by atomic mass is 79.9. The summed E-state index contributed by atoms with van der Waals surface area (Å²) in [7, 11) is 1.57. The molecule has 2 aromatic rings. The molecule has 0 unspecified atom stereocenters. The third-order valence-electron chi connectivity index (χ3n) is 3.79. The first-order valence-electron chi connectivity index (χ1n) is 7.62. The van der Waals surface area contributed by atoms with Crippen molar-refractivity contribution < 1.29 is 14.0 Å². The molecule has 1 N–H and O–H groups in total. The SMILES string of the molecule is CN(CC(=O)NCC(C)(C)c1ccccc1)C(=O)c1ccc(Br)o1. The molecule has 0 spiro atoms. The Kier molecular flexibility index (Phi) is 5.83. The summed E-state index contributed by atoms with van der Waals surface area (Å²) in [5.41, 5.74) is 0.959.